The second kappa shape index (κ2) is 7.41. The molecule has 0 radical (unpaired) electrons. The summed E-state index contributed by atoms with van der Waals surface area (Å²) < 4.78 is 13.3. The number of halogens is 1. The van der Waals surface area contributed by atoms with Gasteiger partial charge in [0.2, 0.25) is 5.91 Å². The highest BCUT2D eigenvalue weighted by Gasteiger charge is 2.23. The maximum absolute atomic E-state index is 13.3. The van der Waals surface area contributed by atoms with E-state index in [0.717, 1.165) is 12.1 Å². The fourth-order valence-corrected chi connectivity index (χ4v) is 1.73. The molecule has 1 aromatic rings. The van der Waals surface area contributed by atoms with Gasteiger partial charge >= 0.3 is 0 Å². The summed E-state index contributed by atoms with van der Waals surface area (Å²) in [7, 11) is 0. The van der Waals surface area contributed by atoms with E-state index in [2.05, 4.69) is 17.2 Å². The number of aliphatic hydroxyl groups excluding tert-OH is 1. The highest BCUT2D eigenvalue weighted by atomic mass is 19.1. The summed E-state index contributed by atoms with van der Waals surface area (Å²) in [6.07, 6.45) is 0. The molecule has 1 aromatic carbocycles. The quantitative estimate of drug-likeness (QED) is 0.702. The number of carbonyl (C=O) groups excluding carboxylic acids is 2. The van der Waals surface area contributed by atoms with E-state index >= 15 is 0 Å². The maximum atomic E-state index is 13.3. The van der Waals surface area contributed by atoms with Crippen molar-refractivity contribution in [3.8, 4) is 11.8 Å². The zero-order valence-corrected chi connectivity index (χ0v) is 11.8. The number of rotatable bonds is 4. The van der Waals surface area contributed by atoms with Crippen molar-refractivity contribution in [3.63, 3.8) is 0 Å². The third-order valence-corrected chi connectivity index (χ3v) is 2.79. The van der Waals surface area contributed by atoms with Crippen LogP contribution < -0.4 is 11.1 Å². The monoisotopic (exact) mass is 292 g/mol. The molecule has 6 heteroatoms. The van der Waals surface area contributed by atoms with E-state index in [4.69, 9.17) is 10.8 Å². The van der Waals surface area contributed by atoms with Crippen molar-refractivity contribution in [2.45, 2.75) is 19.9 Å². The predicted molar refractivity (Wildman–Crippen MR) is 75.7 cm³/mol. The molecule has 0 saturated heterocycles. The molecule has 112 valence electrons. The zero-order valence-electron chi connectivity index (χ0n) is 11.8. The van der Waals surface area contributed by atoms with Crippen LogP contribution in [0, 0.1) is 23.6 Å². The van der Waals surface area contributed by atoms with Crippen molar-refractivity contribution in [2.24, 2.45) is 11.7 Å². The SMILES string of the molecule is CC(C)C(NC(=O)c1cc(F)ccc1C#CCO)C(N)=O. The molecule has 0 aliphatic carbocycles. The molecule has 21 heavy (non-hydrogen) atoms. The van der Waals surface area contributed by atoms with Crippen molar-refractivity contribution >= 4 is 11.8 Å². The van der Waals surface area contributed by atoms with Gasteiger partial charge in [-0.25, -0.2) is 4.39 Å². The van der Waals surface area contributed by atoms with Crippen LogP contribution in [0.15, 0.2) is 18.2 Å². The van der Waals surface area contributed by atoms with E-state index in [0.29, 0.717) is 0 Å². The van der Waals surface area contributed by atoms with Crippen LogP contribution in [0.4, 0.5) is 4.39 Å². The lowest BCUT2D eigenvalue weighted by Crippen LogP contribution is -2.47. The minimum absolute atomic E-state index is 0.0112. The Morgan fingerprint density at radius 3 is 2.62 bits per heavy atom. The summed E-state index contributed by atoms with van der Waals surface area (Å²) in [5.74, 6) is 2.83. The fraction of sp³-hybridized carbons (Fsp3) is 0.333. The van der Waals surface area contributed by atoms with Crippen molar-refractivity contribution in [2.75, 3.05) is 6.61 Å². The Morgan fingerprint density at radius 2 is 2.10 bits per heavy atom. The third-order valence-electron chi connectivity index (χ3n) is 2.79. The molecule has 0 saturated carbocycles. The second-order valence-electron chi connectivity index (χ2n) is 4.75. The van der Waals surface area contributed by atoms with Crippen LogP contribution in [0.25, 0.3) is 0 Å². The van der Waals surface area contributed by atoms with E-state index in [1.165, 1.54) is 6.07 Å². The number of benzene rings is 1. The van der Waals surface area contributed by atoms with Crippen molar-refractivity contribution in [1.29, 1.82) is 0 Å². The molecule has 1 rings (SSSR count). The van der Waals surface area contributed by atoms with Gasteiger partial charge in [-0.3, -0.25) is 9.59 Å². The summed E-state index contributed by atoms with van der Waals surface area (Å²) in [4.78, 5) is 23.5. The standard InChI is InChI=1S/C15H17FN2O3/c1-9(2)13(14(17)20)18-15(21)12-8-11(16)6-5-10(12)4-3-7-19/h5-6,8-9,13,19H,7H2,1-2H3,(H2,17,20)(H,18,21). The van der Waals surface area contributed by atoms with Gasteiger partial charge in [0.05, 0.1) is 5.56 Å². The van der Waals surface area contributed by atoms with Gasteiger partial charge in [-0.15, -0.1) is 0 Å². The Labute approximate surface area is 122 Å². The Morgan fingerprint density at radius 1 is 1.43 bits per heavy atom. The first kappa shape index (κ1) is 16.7. The number of aliphatic hydroxyl groups is 1. The lowest BCUT2D eigenvalue weighted by atomic mass is 10.0. The Hall–Kier alpha value is -2.39. The molecular formula is C15H17FN2O3. The van der Waals surface area contributed by atoms with E-state index in [1.54, 1.807) is 13.8 Å². The van der Waals surface area contributed by atoms with Gasteiger partial charge in [0.15, 0.2) is 0 Å². The normalized spacial score (nSPS) is 11.5. The van der Waals surface area contributed by atoms with Gasteiger partial charge in [-0.2, -0.15) is 0 Å². The lowest BCUT2D eigenvalue weighted by molar-refractivity contribution is -0.120. The Balaban J connectivity index is 3.11. The Bertz CT molecular complexity index is 603. The molecular weight excluding hydrogens is 275 g/mol. The number of nitrogens with one attached hydrogen (secondary N) is 1. The largest absolute Gasteiger partial charge is 0.384 e. The van der Waals surface area contributed by atoms with Gasteiger partial charge in [-0.1, -0.05) is 25.7 Å². The van der Waals surface area contributed by atoms with Crippen molar-refractivity contribution < 1.29 is 19.1 Å². The topological polar surface area (TPSA) is 92.4 Å². The lowest BCUT2D eigenvalue weighted by Gasteiger charge is -2.19. The minimum Gasteiger partial charge on any atom is -0.384 e. The third kappa shape index (κ3) is 4.58. The summed E-state index contributed by atoms with van der Waals surface area (Å²) in [5.41, 5.74) is 5.47. The van der Waals surface area contributed by atoms with Gasteiger partial charge in [0.1, 0.15) is 18.5 Å². The highest BCUT2D eigenvalue weighted by Crippen LogP contribution is 2.12. The first-order chi connectivity index (χ1) is 9.86. The number of amides is 2. The van der Waals surface area contributed by atoms with Crippen LogP contribution >= 0.6 is 0 Å². The van der Waals surface area contributed by atoms with Crippen molar-refractivity contribution in [1.82, 2.24) is 5.32 Å². The molecule has 0 aliphatic heterocycles. The molecule has 0 aromatic heterocycles. The van der Waals surface area contributed by atoms with E-state index in [1.807, 2.05) is 0 Å². The number of carbonyl (C=O) groups is 2. The zero-order chi connectivity index (χ0) is 16.0. The van der Waals surface area contributed by atoms with Crippen LogP contribution in [0.1, 0.15) is 29.8 Å². The smallest absolute Gasteiger partial charge is 0.253 e. The molecule has 1 unspecified atom stereocenters. The average Bonchev–Trinajstić information content (AvgIpc) is 2.42. The molecule has 0 aliphatic rings. The van der Waals surface area contributed by atoms with Crippen LogP contribution in [-0.4, -0.2) is 29.6 Å². The summed E-state index contributed by atoms with van der Waals surface area (Å²) in [5, 5.41) is 11.2. The number of primary amides is 1. The molecule has 4 N–H and O–H groups in total. The summed E-state index contributed by atoms with van der Waals surface area (Å²) in [6, 6.07) is 2.66. The minimum atomic E-state index is -0.862. The molecule has 0 spiro atoms. The molecule has 0 fully saturated rings. The molecule has 5 nitrogen and oxygen atoms in total. The van der Waals surface area contributed by atoms with Crippen LogP contribution in [0.2, 0.25) is 0 Å². The molecule has 2 amide bonds. The first-order valence-electron chi connectivity index (χ1n) is 6.36. The summed E-state index contributed by atoms with van der Waals surface area (Å²) >= 11 is 0. The summed E-state index contributed by atoms with van der Waals surface area (Å²) in [6.45, 7) is 3.08. The number of nitrogens with two attached hydrogens (primary N) is 1. The Kier molecular flexibility index (Phi) is 5.88. The van der Waals surface area contributed by atoms with E-state index in [9.17, 15) is 14.0 Å². The number of hydrogen-bond acceptors (Lipinski definition) is 3. The van der Waals surface area contributed by atoms with Gasteiger partial charge < -0.3 is 16.2 Å². The number of hydrogen-bond donors (Lipinski definition) is 3. The van der Waals surface area contributed by atoms with E-state index in [-0.39, 0.29) is 23.7 Å². The fourth-order valence-electron chi connectivity index (χ4n) is 1.73. The average molecular weight is 292 g/mol. The van der Waals surface area contributed by atoms with Crippen LogP contribution in [0.5, 0.6) is 0 Å². The van der Waals surface area contributed by atoms with Crippen LogP contribution in [-0.2, 0) is 4.79 Å². The molecule has 0 heterocycles. The molecule has 0 bridgehead atoms. The van der Waals surface area contributed by atoms with E-state index < -0.39 is 23.7 Å². The van der Waals surface area contributed by atoms with Gasteiger partial charge in [-0.05, 0) is 24.1 Å². The first-order valence-corrected chi connectivity index (χ1v) is 6.36. The second-order valence-corrected chi connectivity index (χ2v) is 4.75. The highest BCUT2D eigenvalue weighted by molar-refractivity contribution is 5.99. The van der Waals surface area contributed by atoms with Gasteiger partial charge in [0, 0.05) is 5.56 Å². The maximum Gasteiger partial charge on any atom is 0.253 e. The van der Waals surface area contributed by atoms with Crippen molar-refractivity contribution in [3.05, 3.63) is 35.1 Å². The van der Waals surface area contributed by atoms with Gasteiger partial charge in [0.25, 0.3) is 5.91 Å². The van der Waals surface area contributed by atoms with Crippen LogP contribution in [0.3, 0.4) is 0 Å². The molecule has 1 atom stereocenters. The predicted octanol–water partition coefficient (Wildman–Crippen LogP) is 0.409.